The third kappa shape index (κ3) is 3.26. The lowest BCUT2D eigenvalue weighted by atomic mass is 10.1. The number of nitrogens with zero attached hydrogens (tertiary/aromatic N) is 3. The summed E-state index contributed by atoms with van der Waals surface area (Å²) in [4.78, 5) is 21.8. The van der Waals surface area contributed by atoms with Gasteiger partial charge in [0.2, 0.25) is 5.91 Å². The molecule has 1 aliphatic carbocycles. The highest BCUT2D eigenvalue weighted by Crippen LogP contribution is 2.32. The van der Waals surface area contributed by atoms with Crippen molar-refractivity contribution < 1.29 is 4.79 Å². The number of fused-ring (bicyclic) bond motifs is 1. The summed E-state index contributed by atoms with van der Waals surface area (Å²) in [7, 11) is 2.16. The molecule has 1 amide bonds. The van der Waals surface area contributed by atoms with Gasteiger partial charge in [0, 0.05) is 37.8 Å². The van der Waals surface area contributed by atoms with Crippen LogP contribution < -0.4 is 10.2 Å². The number of piperazine rings is 1. The number of anilines is 2. The lowest BCUT2D eigenvalue weighted by molar-refractivity contribution is -0.119. The molecule has 2 aromatic rings. The summed E-state index contributed by atoms with van der Waals surface area (Å²) in [6.45, 7) is 4.22. The Balaban J connectivity index is 1.49. The lowest BCUT2D eigenvalue weighted by Gasteiger charge is -2.31. The third-order valence-electron chi connectivity index (χ3n) is 5.14. The molecule has 0 radical (unpaired) electrons. The Labute approximate surface area is 146 Å². The Bertz CT molecular complexity index is 730. The van der Waals surface area contributed by atoms with E-state index in [-0.39, 0.29) is 11.8 Å². The molecule has 1 aliphatic heterocycles. The van der Waals surface area contributed by atoms with Crippen LogP contribution in [0.1, 0.15) is 25.7 Å². The number of aromatic nitrogens is 1. The number of carbonyl (C=O) groups excluding carboxylic acids is 1. The fourth-order valence-corrected chi connectivity index (χ4v) is 4.61. The van der Waals surface area contributed by atoms with Crippen LogP contribution in [-0.2, 0) is 4.79 Å². The second-order valence-corrected chi connectivity index (χ2v) is 7.95. The summed E-state index contributed by atoms with van der Waals surface area (Å²) in [5.41, 5.74) is 1.92. The maximum Gasteiger partial charge on any atom is 0.227 e. The minimum atomic E-state index is 0.177. The zero-order valence-electron chi connectivity index (χ0n) is 14.1. The maximum absolute atomic E-state index is 12.3. The molecule has 2 fully saturated rings. The number of benzene rings is 1. The lowest BCUT2D eigenvalue weighted by Crippen LogP contribution is -2.44. The number of carbonyl (C=O) groups is 1. The van der Waals surface area contributed by atoms with Crippen LogP contribution >= 0.6 is 11.3 Å². The summed E-state index contributed by atoms with van der Waals surface area (Å²) >= 11 is 1.72. The van der Waals surface area contributed by atoms with Crippen molar-refractivity contribution in [3.63, 3.8) is 0 Å². The molecule has 1 aromatic heterocycles. The molecule has 0 spiro atoms. The molecule has 0 bridgehead atoms. The molecular weight excluding hydrogens is 320 g/mol. The molecule has 5 nitrogen and oxygen atoms in total. The van der Waals surface area contributed by atoms with Gasteiger partial charge in [0.05, 0.1) is 10.2 Å². The van der Waals surface area contributed by atoms with Gasteiger partial charge in [-0.3, -0.25) is 4.79 Å². The number of hydrogen-bond acceptors (Lipinski definition) is 5. The van der Waals surface area contributed by atoms with Crippen molar-refractivity contribution in [1.82, 2.24) is 9.88 Å². The largest absolute Gasteiger partial charge is 0.345 e. The number of thiazole rings is 1. The van der Waals surface area contributed by atoms with Gasteiger partial charge in [-0.2, -0.15) is 0 Å². The highest BCUT2D eigenvalue weighted by Gasteiger charge is 2.23. The Morgan fingerprint density at radius 2 is 1.96 bits per heavy atom. The van der Waals surface area contributed by atoms with Crippen LogP contribution in [0.15, 0.2) is 18.2 Å². The van der Waals surface area contributed by atoms with Crippen molar-refractivity contribution in [1.29, 1.82) is 0 Å². The highest BCUT2D eigenvalue weighted by molar-refractivity contribution is 7.22. The van der Waals surface area contributed by atoms with E-state index in [0.717, 1.165) is 60.1 Å². The Hall–Kier alpha value is -1.66. The Morgan fingerprint density at radius 3 is 2.71 bits per heavy atom. The smallest absolute Gasteiger partial charge is 0.227 e. The molecule has 1 saturated carbocycles. The number of hydrogen-bond donors (Lipinski definition) is 1. The van der Waals surface area contributed by atoms with Crippen LogP contribution in [0.25, 0.3) is 10.2 Å². The van der Waals surface area contributed by atoms with Gasteiger partial charge in [-0.05, 0) is 38.1 Å². The fraction of sp³-hybridized carbons (Fsp3) is 0.556. The first-order valence-electron chi connectivity index (χ1n) is 8.84. The number of amides is 1. The molecule has 1 aromatic carbocycles. The average molecular weight is 344 g/mol. The molecule has 6 heteroatoms. The third-order valence-corrected chi connectivity index (χ3v) is 6.22. The van der Waals surface area contributed by atoms with Crippen LogP contribution in [0.4, 0.5) is 10.8 Å². The first-order valence-corrected chi connectivity index (χ1v) is 9.66. The van der Waals surface area contributed by atoms with E-state index in [1.54, 1.807) is 11.3 Å². The summed E-state index contributed by atoms with van der Waals surface area (Å²) in [6, 6.07) is 6.07. The molecule has 4 rings (SSSR count). The van der Waals surface area contributed by atoms with Crippen molar-refractivity contribution in [2.75, 3.05) is 43.4 Å². The summed E-state index contributed by atoms with van der Waals surface area (Å²) in [5, 5.41) is 4.19. The summed E-state index contributed by atoms with van der Waals surface area (Å²) in [6.07, 6.45) is 4.42. The fourth-order valence-electron chi connectivity index (χ4n) is 3.56. The minimum Gasteiger partial charge on any atom is -0.345 e. The highest BCUT2D eigenvalue weighted by atomic mass is 32.1. The van der Waals surface area contributed by atoms with Gasteiger partial charge < -0.3 is 15.1 Å². The van der Waals surface area contributed by atoms with Gasteiger partial charge in [0.25, 0.3) is 0 Å². The van der Waals surface area contributed by atoms with E-state index in [0.29, 0.717) is 0 Å². The quantitative estimate of drug-likeness (QED) is 0.929. The molecular formula is C18H24N4OS. The van der Waals surface area contributed by atoms with Crippen LogP contribution in [0.5, 0.6) is 0 Å². The van der Waals surface area contributed by atoms with E-state index in [2.05, 4.69) is 28.2 Å². The summed E-state index contributed by atoms with van der Waals surface area (Å²) in [5.74, 6) is 0.374. The van der Waals surface area contributed by atoms with Crippen LogP contribution in [0, 0.1) is 5.92 Å². The zero-order valence-corrected chi connectivity index (χ0v) is 14.9. The zero-order chi connectivity index (χ0) is 16.5. The normalized spacial score (nSPS) is 20.0. The molecule has 2 aliphatic rings. The van der Waals surface area contributed by atoms with Gasteiger partial charge in [-0.15, -0.1) is 0 Å². The van der Waals surface area contributed by atoms with Crippen molar-refractivity contribution in [3.8, 4) is 0 Å². The van der Waals surface area contributed by atoms with E-state index >= 15 is 0 Å². The second kappa shape index (κ2) is 6.69. The van der Waals surface area contributed by atoms with Gasteiger partial charge in [0.15, 0.2) is 5.13 Å². The standard InChI is InChI=1S/C18H24N4OS/c1-21-8-10-22(11-9-21)18-20-15-7-6-14(12-16(15)24-18)19-17(23)13-4-2-3-5-13/h6-7,12-13H,2-5,8-11H2,1H3,(H,19,23). The predicted molar refractivity (Wildman–Crippen MR) is 99.9 cm³/mol. The predicted octanol–water partition coefficient (Wildman–Crippen LogP) is 3.18. The van der Waals surface area contributed by atoms with Crippen LogP contribution in [-0.4, -0.2) is 49.0 Å². The van der Waals surface area contributed by atoms with Crippen LogP contribution in [0.3, 0.4) is 0 Å². The number of likely N-dealkylation sites (N-methyl/N-ethyl adjacent to an activating group) is 1. The first-order chi connectivity index (χ1) is 11.7. The van der Waals surface area contributed by atoms with E-state index in [1.165, 1.54) is 12.8 Å². The number of rotatable bonds is 3. The SMILES string of the molecule is CN1CCN(c2nc3ccc(NC(=O)C4CCCC4)cc3s2)CC1. The summed E-state index contributed by atoms with van der Waals surface area (Å²) < 4.78 is 1.15. The molecule has 2 heterocycles. The van der Waals surface area contributed by atoms with E-state index in [4.69, 9.17) is 4.98 Å². The molecule has 0 unspecified atom stereocenters. The van der Waals surface area contributed by atoms with E-state index in [1.807, 2.05) is 12.1 Å². The van der Waals surface area contributed by atoms with Crippen molar-refractivity contribution in [3.05, 3.63) is 18.2 Å². The molecule has 1 N–H and O–H groups in total. The first kappa shape index (κ1) is 15.8. The van der Waals surface area contributed by atoms with E-state index in [9.17, 15) is 4.79 Å². The topological polar surface area (TPSA) is 48.5 Å². The van der Waals surface area contributed by atoms with Crippen LogP contribution in [0.2, 0.25) is 0 Å². The van der Waals surface area contributed by atoms with Crippen molar-refractivity contribution in [2.24, 2.45) is 5.92 Å². The van der Waals surface area contributed by atoms with Gasteiger partial charge in [-0.25, -0.2) is 4.98 Å². The van der Waals surface area contributed by atoms with Gasteiger partial charge >= 0.3 is 0 Å². The van der Waals surface area contributed by atoms with E-state index < -0.39 is 0 Å². The van der Waals surface area contributed by atoms with Gasteiger partial charge in [0.1, 0.15) is 0 Å². The average Bonchev–Trinajstić information content (AvgIpc) is 3.24. The molecule has 24 heavy (non-hydrogen) atoms. The molecule has 128 valence electrons. The number of nitrogens with one attached hydrogen (secondary N) is 1. The monoisotopic (exact) mass is 344 g/mol. The Kier molecular flexibility index (Phi) is 4.41. The van der Waals surface area contributed by atoms with Crippen molar-refractivity contribution >= 4 is 38.3 Å². The van der Waals surface area contributed by atoms with Gasteiger partial charge in [-0.1, -0.05) is 24.2 Å². The maximum atomic E-state index is 12.3. The molecule has 0 atom stereocenters. The molecule has 1 saturated heterocycles. The second-order valence-electron chi connectivity index (χ2n) is 6.94. The van der Waals surface area contributed by atoms with Crippen molar-refractivity contribution in [2.45, 2.75) is 25.7 Å². The minimum absolute atomic E-state index is 0.177. The Morgan fingerprint density at radius 1 is 1.21 bits per heavy atom.